The molecule has 0 aliphatic heterocycles. The topological polar surface area (TPSA) is 66.7 Å². The lowest BCUT2D eigenvalue weighted by molar-refractivity contribution is -0.0614. The quantitative estimate of drug-likeness (QED) is 0.729. The summed E-state index contributed by atoms with van der Waals surface area (Å²) in [6, 6.07) is 15.6. The van der Waals surface area contributed by atoms with E-state index >= 15 is 0 Å². The predicted molar refractivity (Wildman–Crippen MR) is 79.6 cm³/mol. The highest BCUT2D eigenvalue weighted by atomic mass is 16.4. The molecule has 0 spiro atoms. The first-order chi connectivity index (χ1) is 10.7. The van der Waals surface area contributed by atoms with Gasteiger partial charge in [-0.15, -0.1) is 0 Å². The van der Waals surface area contributed by atoms with Crippen molar-refractivity contribution in [2.45, 2.75) is 11.7 Å². The third-order valence-corrected chi connectivity index (χ3v) is 3.28. The number of hydrogen-bond donors (Lipinski definition) is 2. The Hall–Kier alpha value is -2.74. The van der Waals surface area contributed by atoms with E-state index in [1.54, 1.807) is 24.3 Å². The molecule has 0 aliphatic carbocycles. The zero-order valence-corrected chi connectivity index (χ0v) is 11.6. The first-order valence-corrected chi connectivity index (χ1v) is 6.76. The van der Waals surface area contributed by atoms with Gasteiger partial charge >= 0.3 is 0 Å². The second-order valence-electron chi connectivity index (χ2n) is 4.78. The van der Waals surface area contributed by atoms with Crippen LogP contribution in [-0.2, 0) is 5.60 Å². The molecule has 0 fully saturated rings. The normalized spacial score (nSPS) is 14.6. The van der Waals surface area contributed by atoms with Crippen molar-refractivity contribution in [1.82, 2.24) is 0 Å². The van der Waals surface area contributed by atoms with E-state index in [2.05, 4.69) is 11.8 Å². The minimum Gasteiger partial charge on any atom is -0.466 e. The van der Waals surface area contributed by atoms with Crippen molar-refractivity contribution < 1.29 is 19.0 Å². The Labute approximate surface area is 127 Å². The Balaban J connectivity index is 2.03. The molecule has 2 heterocycles. The van der Waals surface area contributed by atoms with Crippen LogP contribution < -0.4 is 0 Å². The zero-order valence-electron chi connectivity index (χ0n) is 11.6. The Morgan fingerprint density at radius 1 is 0.909 bits per heavy atom. The Bertz CT molecular complexity index is 764. The van der Waals surface area contributed by atoms with Gasteiger partial charge < -0.3 is 19.0 Å². The van der Waals surface area contributed by atoms with E-state index in [0.29, 0.717) is 0 Å². The van der Waals surface area contributed by atoms with Crippen molar-refractivity contribution in [3.05, 3.63) is 84.2 Å². The molecule has 3 aromatic rings. The average molecular weight is 294 g/mol. The van der Waals surface area contributed by atoms with Crippen LogP contribution in [0.3, 0.4) is 0 Å². The molecule has 0 bridgehead atoms. The van der Waals surface area contributed by atoms with Crippen LogP contribution in [0.5, 0.6) is 0 Å². The lowest BCUT2D eigenvalue weighted by Gasteiger charge is -2.24. The fourth-order valence-corrected chi connectivity index (χ4v) is 2.10. The van der Waals surface area contributed by atoms with Gasteiger partial charge in [0.05, 0.1) is 12.5 Å². The van der Waals surface area contributed by atoms with Gasteiger partial charge in [-0.2, -0.15) is 0 Å². The molecule has 0 unspecified atom stereocenters. The summed E-state index contributed by atoms with van der Waals surface area (Å²) in [5.74, 6) is 5.92. The van der Waals surface area contributed by atoms with Gasteiger partial charge in [-0.1, -0.05) is 30.0 Å². The van der Waals surface area contributed by atoms with E-state index in [0.717, 1.165) is 5.56 Å². The minimum absolute atomic E-state index is 0.153. The van der Waals surface area contributed by atoms with Crippen molar-refractivity contribution in [1.29, 1.82) is 0 Å². The van der Waals surface area contributed by atoms with Crippen LogP contribution in [0.1, 0.15) is 23.2 Å². The fourth-order valence-electron chi connectivity index (χ4n) is 2.10. The Morgan fingerprint density at radius 3 is 2.27 bits per heavy atom. The van der Waals surface area contributed by atoms with Gasteiger partial charge in [0, 0.05) is 5.56 Å². The number of aliphatic hydroxyl groups is 2. The lowest BCUT2D eigenvalue weighted by Crippen LogP contribution is -2.31. The molecule has 2 N–H and O–H groups in total. The molecule has 0 amide bonds. The molecule has 0 saturated heterocycles. The van der Waals surface area contributed by atoms with Crippen LogP contribution in [0.15, 0.2) is 76.0 Å². The SMILES string of the molecule is O[C@@H](c1ccco1)[C@@](O)(C#Cc1ccccc1)c1ccco1. The van der Waals surface area contributed by atoms with Gasteiger partial charge in [-0.25, -0.2) is 0 Å². The monoisotopic (exact) mass is 294 g/mol. The van der Waals surface area contributed by atoms with Crippen molar-refractivity contribution >= 4 is 0 Å². The number of aliphatic hydroxyl groups excluding tert-OH is 1. The highest BCUT2D eigenvalue weighted by molar-refractivity contribution is 5.39. The van der Waals surface area contributed by atoms with E-state index in [1.807, 2.05) is 30.3 Å². The van der Waals surface area contributed by atoms with Crippen molar-refractivity contribution in [2.24, 2.45) is 0 Å². The molecule has 110 valence electrons. The first kappa shape index (κ1) is 14.2. The molecular weight excluding hydrogens is 280 g/mol. The van der Waals surface area contributed by atoms with Crippen LogP contribution >= 0.6 is 0 Å². The molecule has 0 saturated carbocycles. The molecule has 0 aliphatic rings. The molecule has 4 nitrogen and oxygen atoms in total. The number of hydrogen-bond acceptors (Lipinski definition) is 4. The van der Waals surface area contributed by atoms with Crippen LogP contribution in [0.2, 0.25) is 0 Å². The summed E-state index contributed by atoms with van der Waals surface area (Å²) < 4.78 is 10.4. The zero-order chi connectivity index (χ0) is 15.4. The van der Waals surface area contributed by atoms with Crippen molar-refractivity contribution in [3.8, 4) is 11.8 Å². The number of furan rings is 2. The summed E-state index contributed by atoms with van der Waals surface area (Å²) in [5, 5.41) is 21.4. The summed E-state index contributed by atoms with van der Waals surface area (Å²) in [6.45, 7) is 0. The maximum Gasteiger partial charge on any atom is 0.217 e. The van der Waals surface area contributed by atoms with E-state index in [4.69, 9.17) is 8.83 Å². The smallest absolute Gasteiger partial charge is 0.217 e. The Kier molecular flexibility index (Phi) is 3.84. The molecular formula is C18H14O4. The van der Waals surface area contributed by atoms with Gasteiger partial charge in [0.25, 0.3) is 0 Å². The summed E-state index contributed by atoms with van der Waals surface area (Å²) >= 11 is 0. The van der Waals surface area contributed by atoms with Gasteiger partial charge in [-0.3, -0.25) is 0 Å². The van der Waals surface area contributed by atoms with Crippen molar-refractivity contribution in [3.63, 3.8) is 0 Å². The van der Waals surface area contributed by atoms with E-state index in [-0.39, 0.29) is 11.5 Å². The van der Waals surface area contributed by atoms with Crippen LogP contribution in [0.4, 0.5) is 0 Å². The summed E-state index contributed by atoms with van der Waals surface area (Å²) in [4.78, 5) is 0. The third-order valence-electron chi connectivity index (χ3n) is 3.28. The van der Waals surface area contributed by atoms with E-state index < -0.39 is 11.7 Å². The first-order valence-electron chi connectivity index (χ1n) is 6.76. The van der Waals surface area contributed by atoms with Gasteiger partial charge in [-0.05, 0) is 36.4 Å². The second kappa shape index (κ2) is 5.94. The maximum absolute atomic E-state index is 10.9. The van der Waals surface area contributed by atoms with E-state index in [1.165, 1.54) is 12.5 Å². The van der Waals surface area contributed by atoms with Crippen molar-refractivity contribution in [2.75, 3.05) is 0 Å². The lowest BCUT2D eigenvalue weighted by atomic mass is 9.92. The number of benzene rings is 1. The molecule has 4 heteroatoms. The van der Waals surface area contributed by atoms with Gasteiger partial charge in [0.15, 0.2) is 11.9 Å². The molecule has 1 aromatic carbocycles. The van der Waals surface area contributed by atoms with Crippen LogP contribution in [-0.4, -0.2) is 10.2 Å². The standard InChI is InChI=1S/C18H14O4/c19-17(15-8-4-12-21-15)18(20,16-9-5-13-22-16)11-10-14-6-2-1-3-7-14/h1-9,12-13,17,19-20H/t17-,18+/m0/s1. The molecule has 2 atom stereocenters. The molecule has 3 rings (SSSR count). The molecule has 2 aromatic heterocycles. The molecule has 0 radical (unpaired) electrons. The fraction of sp³-hybridized carbons (Fsp3) is 0.111. The summed E-state index contributed by atoms with van der Waals surface area (Å²) in [6.07, 6.45) is 1.47. The van der Waals surface area contributed by atoms with Crippen LogP contribution in [0.25, 0.3) is 0 Å². The highest BCUT2D eigenvalue weighted by Gasteiger charge is 2.41. The largest absolute Gasteiger partial charge is 0.466 e. The van der Waals surface area contributed by atoms with Crippen LogP contribution in [0, 0.1) is 11.8 Å². The number of rotatable bonds is 3. The maximum atomic E-state index is 10.9. The highest BCUT2D eigenvalue weighted by Crippen LogP contribution is 2.35. The minimum atomic E-state index is -1.91. The average Bonchev–Trinajstić information content (AvgIpc) is 3.25. The summed E-state index contributed by atoms with van der Waals surface area (Å²) in [7, 11) is 0. The third kappa shape index (κ3) is 2.68. The second-order valence-corrected chi connectivity index (χ2v) is 4.78. The Morgan fingerprint density at radius 2 is 1.64 bits per heavy atom. The molecule has 22 heavy (non-hydrogen) atoms. The summed E-state index contributed by atoms with van der Waals surface area (Å²) in [5.41, 5.74) is -1.18. The van der Waals surface area contributed by atoms with Gasteiger partial charge in [0.1, 0.15) is 5.76 Å². The predicted octanol–water partition coefficient (Wildman–Crippen LogP) is 2.85. The van der Waals surface area contributed by atoms with E-state index in [9.17, 15) is 10.2 Å². The van der Waals surface area contributed by atoms with Gasteiger partial charge in [0.2, 0.25) is 5.60 Å².